The first-order valence-electron chi connectivity index (χ1n) is 2.66. The lowest BCUT2D eigenvalue weighted by atomic mass is 10.4. The largest absolute Gasteiger partial charge is 0.465 e. The topological polar surface area (TPSA) is 26.3 Å². The minimum atomic E-state index is -0.252. The third-order valence-electron chi connectivity index (χ3n) is 0.764. The summed E-state index contributed by atoms with van der Waals surface area (Å²) in [5, 5.41) is 0. The Balaban J connectivity index is 3.86. The second kappa shape index (κ2) is 4.78. The number of methoxy groups -OCH3 is 1. The Morgan fingerprint density at radius 2 is 2.33 bits per heavy atom. The molecule has 0 aromatic rings. The number of ether oxygens (including phenoxy) is 1. The van der Waals surface area contributed by atoms with Crippen LogP contribution in [0.5, 0.6) is 0 Å². The van der Waals surface area contributed by atoms with Crippen LogP contribution in [-0.4, -0.2) is 13.1 Å². The summed E-state index contributed by atoms with van der Waals surface area (Å²) in [6.45, 7) is 1.97. The Hall–Kier alpha value is -0.0600. The van der Waals surface area contributed by atoms with E-state index in [1.54, 1.807) is 0 Å². The van der Waals surface area contributed by atoms with Crippen LogP contribution in [0, 0.1) is 0 Å². The molecule has 0 fully saturated rings. The molecule has 0 unspecified atom stereocenters. The van der Waals surface area contributed by atoms with E-state index in [0.717, 1.165) is 6.42 Å². The van der Waals surface area contributed by atoms with Crippen LogP contribution in [0.15, 0.2) is 9.66 Å². The number of allylic oxidation sites excluding steroid dienone is 1. The molecule has 0 atom stereocenters. The van der Waals surface area contributed by atoms with Crippen LogP contribution >= 0.6 is 22.6 Å². The van der Waals surface area contributed by atoms with Crippen molar-refractivity contribution in [1.82, 2.24) is 0 Å². The molecule has 0 radical (unpaired) electrons. The number of hydrogen-bond acceptors (Lipinski definition) is 2. The van der Waals surface area contributed by atoms with Gasteiger partial charge in [-0.15, -0.1) is 0 Å². The van der Waals surface area contributed by atoms with Crippen LogP contribution in [-0.2, 0) is 9.53 Å². The van der Waals surface area contributed by atoms with Crippen molar-refractivity contribution < 1.29 is 9.53 Å². The Labute approximate surface area is 68.4 Å². The first kappa shape index (κ1) is 8.94. The summed E-state index contributed by atoms with van der Waals surface area (Å²) < 4.78 is 5.10. The van der Waals surface area contributed by atoms with E-state index in [1.165, 1.54) is 7.11 Å². The van der Waals surface area contributed by atoms with Crippen molar-refractivity contribution >= 4 is 28.6 Å². The first-order chi connectivity index (χ1) is 4.22. The van der Waals surface area contributed by atoms with Gasteiger partial charge < -0.3 is 4.74 Å². The molecule has 0 saturated heterocycles. The Morgan fingerprint density at radius 3 is 2.67 bits per heavy atom. The summed E-state index contributed by atoms with van der Waals surface area (Å²) in [7, 11) is 1.38. The van der Waals surface area contributed by atoms with Gasteiger partial charge in [-0.1, -0.05) is 13.0 Å². The van der Waals surface area contributed by atoms with Crippen molar-refractivity contribution in [1.29, 1.82) is 0 Å². The molecule has 0 aliphatic heterocycles. The van der Waals surface area contributed by atoms with E-state index in [9.17, 15) is 4.79 Å². The van der Waals surface area contributed by atoms with Crippen LogP contribution < -0.4 is 0 Å². The maximum Gasteiger partial charge on any atom is 0.343 e. The van der Waals surface area contributed by atoms with Gasteiger partial charge in [-0.2, -0.15) is 0 Å². The molecule has 0 aliphatic rings. The van der Waals surface area contributed by atoms with E-state index < -0.39 is 0 Å². The molecule has 0 aromatic carbocycles. The number of carbonyl (C=O) groups is 1. The van der Waals surface area contributed by atoms with Gasteiger partial charge in [-0.05, 0) is 29.0 Å². The molecule has 0 aliphatic carbocycles. The predicted molar refractivity (Wildman–Crippen MR) is 44.4 cm³/mol. The summed E-state index contributed by atoms with van der Waals surface area (Å²) in [5.41, 5.74) is 0. The lowest BCUT2D eigenvalue weighted by Gasteiger charge is -1.93. The molecule has 0 bridgehead atoms. The molecule has 9 heavy (non-hydrogen) atoms. The van der Waals surface area contributed by atoms with Gasteiger partial charge in [0, 0.05) is 0 Å². The number of rotatable bonds is 2. The van der Waals surface area contributed by atoms with Gasteiger partial charge in [0.05, 0.1) is 10.7 Å². The molecular formula is C6H9IO2. The fourth-order valence-corrected chi connectivity index (χ4v) is 1.02. The van der Waals surface area contributed by atoms with Crippen LogP contribution in [0.2, 0.25) is 0 Å². The first-order valence-corrected chi connectivity index (χ1v) is 3.74. The van der Waals surface area contributed by atoms with Crippen LogP contribution in [0.1, 0.15) is 13.3 Å². The number of esters is 1. The summed E-state index contributed by atoms with van der Waals surface area (Å²) in [4.78, 5) is 10.6. The second-order valence-electron chi connectivity index (χ2n) is 1.45. The molecule has 0 N–H and O–H groups in total. The molecule has 3 heteroatoms. The van der Waals surface area contributed by atoms with Gasteiger partial charge in [0.15, 0.2) is 0 Å². The molecule has 2 nitrogen and oxygen atoms in total. The minimum Gasteiger partial charge on any atom is -0.465 e. The SMILES string of the molecule is CC/C=C(/I)C(=O)OC. The number of carbonyl (C=O) groups excluding carboxylic acids is 1. The van der Waals surface area contributed by atoms with Crippen molar-refractivity contribution in [2.45, 2.75) is 13.3 Å². The molecule has 0 saturated carbocycles. The summed E-state index contributed by atoms with van der Waals surface area (Å²) >= 11 is 1.95. The van der Waals surface area contributed by atoms with Crippen LogP contribution in [0.3, 0.4) is 0 Å². The van der Waals surface area contributed by atoms with Crippen molar-refractivity contribution in [2.75, 3.05) is 7.11 Å². The molecule has 0 spiro atoms. The molecule has 0 aromatic heterocycles. The Morgan fingerprint density at radius 1 is 1.78 bits per heavy atom. The van der Waals surface area contributed by atoms with Gasteiger partial charge in [0.1, 0.15) is 0 Å². The third kappa shape index (κ3) is 3.51. The fraction of sp³-hybridized carbons (Fsp3) is 0.500. The zero-order valence-electron chi connectivity index (χ0n) is 5.48. The van der Waals surface area contributed by atoms with Gasteiger partial charge in [0.25, 0.3) is 0 Å². The molecule has 52 valence electrons. The molecule has 0 heterocycles. The normalized spacial score (nSPS) is 11.2. The third-order valence-corrected chi connectivity index (χ3v) is 1.64. The lowest BCUT2D eigenvalue weighted by Crippen LogP contribution is -1.98. The van der Waals surface area contributed by atoms with Gasteiger partial charge >= 0.3 is 5.97 Å². The highest BCUT2D eigenvalue weighted by Crippen LogP contribution is 2.07. The average Bonchev–Trinajstić information content (AvgIpc) is 1.87. The van der Waals surface area contributed by atoms with Gasteiger partial charge in [-0.25, -0.2) is 4.79 Å². The minimum absolute atomic E-state index is 0.252. The zero-order chi connectivity index (χ0) is 7.28. The van der Waals surface area contributed by atoms with Gasteiger partial charge in [0.2, 0.25) is 0 Å². The van der Waals surface area contributed by atoms with Crippen LogP contribution in [0.4, 0.5) is 0 Å². The van der Waals surface area contributed by atoms with Crippen molar-refractivity contribution in [3.63, 3.8) is 0 Å². The average molecular weight is 240 g/mol. The number of halogens is 1. The monoisotopic (exact) mass is 240 g/mol. The van der Waals surface area contributed by atoms with Crippen LogP contribution in [0.25, 0.3) is 0 Å². The van der Waals surface area contributed by atoms with E-state index in [0.29, 0.717) is 3.58 Å². The molecule has 0 rings (SSSR count). The zero-order valence-corrected chi connectivity index (χ0v) is 7.64. The predicted octanol–water partition coefficient (Wildman–Crippen LogP) is 1.89. The smallest absolute Gasteiger partial charge is 0.343 e. The molecule has 0 amide bonds. The summed E-state index contributed by atoms with van der Waals surface area (Å²) in [5.74, 6) is -0.252. The van der Waals surface area contributed by atoms with E-state index in [-0.39, 0.29) is 5.97 Å². The summed E-state index contributed by atoms with van der Waals surface area (Å²) in [6.07, 6.45) is 2.69. The van der Waals surface area contributed by atoms with E-state index in [2.05, 4.69) is 4.74 Å². The summed E-state index contributed by atoms with van der Waals surface area (Å²) in [6, 6.07) is 0. The lowest BCUT2D eigenvalue weighted by molar-refractivity contribution is -0.135. The Bertz CT molecular complexity index is 129. The fourth-order valence-electron chi connectivity index (χ4n) is 0.360. The molecular weight excluding hydrogens is 231 g/mol. The highest BCUT2D eigenvalue weighted by Gasteiger charge is 2.01. The standard InChI is InChI=1S/C6H9IO2/c1-3-4-5(7)6(8)9-2/h4H,3H2,1-2H3/b5-4+. The van der Waals surface area contributed by atoms with Crippen molar-refractivity contribution in [3.05, 3.63) is 9.66 Å². The maximum atomic E-state index is 10.6. The van der Waals surface area contributed by atoms with Gasteiger partial charge in [-0.3, -0.25) is 0 Å². The van der Waals surface area contributed by atoms with Crippen molar-refractivity contribution in [2.24, 2.45) is 0 Å². The van der Waals surface area contributed by atoms with Crippen molar-refractivity contribution in [3.8, 4) is 0 Å². The van der Waals surface area contributed by atoms with E-state index in [4.69, 9.17) is 0 Å². The highest BCUT2D eigenvalue weighted by atomic mass is 127. The second-order valence-corrected chi connectivity index (χ2v) is 2.61. The van der Waals surface area contributed by atoms with E-state index >= 15 is 0 Å². The highest BCUT2D eigenvalue weighted by molar-refractivity contribution is 14.1. The maximum absolute atomic E-state index is 10.6. The quantitative estimate of drug-likeness (QED) is 0.418. The van der Waals surface area contributed by atoms with E-state index in [1.807, 2.05) is 35.6 Å². The number of hydrogen-bond donors (Lipinski definition) is 0. The Kier molecular flexibility index (Phi) is 4.75.